The minimum Gasteiger partial charge on any atom is -0.481 e. The van der Waals surface area contributed by atoms with Gasteiger partial charge in [0.2, 0.25) is 5.91 Å². The van der Waals surface area contributed by atoms with Crippen LogP contribution in [0, 0.1) is 0 Å². The Hall–Kier alpha value is -1.96. The number of ether oxygens (including phenoxy) is 1. The second kappa shape index (κ2) is 7.72. The van der Waals surface area contributed by atoms with Gasteiger partial charge in [0.1, 0.15) is 0 Å². The molecule has 1 aromatic heterocycles. The number of morpholine rings is 1. The zero-order valence-electron chi connectivity index (χ0n) is 11.9. The molecule has 0 radical (unpaired) electrons. The predicted octanol–water partition coefficient (Wildman–Crippen LogP) is -0.0657. The van der Waals surface area contributed by atoms with E-state index in [1.54, 1.807) is 10.9 Å². The molecule has 1 aromatic rings. The Kier molecular flexibility index (Phi) is 5.68. The Bertz CT molecular complexity index is 482. The van der Waals surface area contributed by atoms with Gasteiger partial charge in [-0.1, -0.05) is 5.21 Å². The third-order valence-corrected chi connectivity index (χ3v) is 3.32. The third-order valence-electron chi connectivity index (χ3n) is 3.32. The predicted molar refractivity (Wildman–Crippen MR) is 72.6 cm³/mol. The van der Waals surface area contributed by atoms with E-state index in [9.17, 15) is 9.59 Å². The fourth-order valence-corrected chi connectivity index (χ4v) is 2.16. The van der Waals surface area contributed by atoms with Crippen molar-refractivity contribution in [3.05, 3.63) is 11.9 Å². The maximum atomic E-state index is 11.9. The Morgan fingerprint density at radius 2 is 2.05 bits per heavy atom. The summed E-state index contributed by atoms with van der Waals surface area (Å²) in [5.41, 5.74) is 0.664. The van der Waals surface area contributed by atoms with Crippen LogP contribution in [-0.4, -0.2) is 63.2 Å². The molecule has 8 heteroatoms. The Labute approximate surface area is 122 Å². The lowest BCUT2D eigenvalue weighted by atomic mass is 10.2. The smallest absolute Gasteiger partial charge is 0.303 e. The molecule has 2 heterocycles. The molecule has 116 valence electrons. The van der Waals surface area contributed by atoms with Crippen LogP contribution in [0.15, 0.2) is 6.20 Å². The molecule has 0 bridgehead atoms. The molecule has 1 amide bonds. The third kappa shape index (κ3) is 5.14. The van der Waals surface area contributed by atoms with Crippen LogP contribution in [0.25, 0.3) is 0 Å². The lowest BCUT2D eigenvalue weighted by molar-refractivity contribution is -0.137. The van der Waals surface area contributed by atoms with E-state index < -0.39 is 5.97 Å². The van der Waals surface area contributed by atoms with Gasteiger partial charge in [-0.05, 0) is 6.42 Å². The highest BCUT2D eigenvalue weighted by Gasteiger charge is 2.16. The summed E-state index contributed by atoms with van der Waals surface area (Å²) in [5.74, 6) is -0.704. The zero-order chi connectivity index (χ0) is 15.1. The van der Waals surface area contributed by atoms with Crippen molar-refractivity contribution in [1.82, 2.24) is 19.9 Å². The van der Waals surface area contributed by atoms with E-state index in [0.29, 0.717) is 57.8 Å². The van der Waals surface area contributed by atoms with Crippen molar-refractivity contribution < 1.29 is 19.4 Å². The highest BCUT2D eigenvalue weighted by Crippen LogP contribution is 2.04. The lowest BCUT2D eigenvalue weighted by Gasteiger charge is -2.26. The summed E-state index contributed by atoms with van der Waals surface area (Å²) in [6.45, 7) is 3.17. The molecule has 2 rings (SSSR count). The van der Waals surface area contributed by atoms with Gasteiger partial charge < -0.3 is 14.7 Å². The van der Waals surface area contributed by atoms with Crippen LogP contribution in [0.1, 0.15) is 25.0 Å². The first-order chi connectivity index (χ1) is 10.1. The number of hydrogen-bond acceptors (Lipinski definition) is 5. The molecular formula is C13H20N4O4. The lowest BCUT2D eigenvalue weighted by Crippen LogP contribution is -2.40. The maximum absolute atomic E-state index is 11.9. The van der Waals surface area contributed by atoms with Gasteiger partial charge in [0.15, 0.2) is 0 Å². The Balaban J connectivity index is 1.68. The number of carbonyl (C=O) groups is 2. The van der Waals surface area contributed by atoms with Crippen molar-refractivity contribution in [3.63, 3.8) is 0 Å². The monoisotopic (exact) mass is 296 g/mol. The molecular weight excluding hydrogens is 276 g/mol. The Morgan fingerprint density at radius 1 is 1.29 bits per heavy atom. The van der Waals surface area contributed by atoms with Crippen LogP contribution in [0.2, 0.25) is 0 Å². The van der Waals surface area contributed by atoms with Gasteiger partial charge in [-0.2, -0.15) is 0 Å². The molecule has 1 saturated heterocycles. The van der Waals surface area contributed by atoms with Crippen molar-refractivity contribution in [1.29, 1.82) is 0 Å². The molecule has 1 fully saturated rings. The maximum Gasteiger partial charge on any atom is 0.303 e. The van der Waals surface area contributed by atoms with Crippen molar-refractivity contribution in [3.8, 4) is 0 Å². The molecule has 0 unspecified atom stereocenters. The van der Waals surface area contributed by atoms with E-state index in [1.165, 1.54) is 0 Å². The van der Waals surface area contributed by atoms with Crippen LogP contribution in [0.4, 0.5) is 0 Å². The van der Waals surface area contributed by atoms with E-state index in [1.807, 2.05) is 4.90 Å². The molecule has 0 spiro atoms. The number of rotatable bonds is 7. The van der Waals surface area contributed by atoms with Gasteiger partial charge in [0.05, 0.1) is 25.3 Å². The van der Waals surface area contributed by atoms with E-state index in [0.717, 1.165) is 0 Å². The summed E-state index contributed by atoms with van der Waals surface area (Å²) < 4.78 is 6.86. The van der Waals surface area contributed by atoms with Crippen LogP contribution >= 0.6 is 0 Å². The number of aliphatic carboxylic acids is 1. The summed E-state index contributed by atoms with van der Waals surface area (Å²) in [7, 11) is 0. The topological polar surface area (TPSA) is 97.5 Å². The SMILES string of the molecule is O=C(O)CCc1cn(CCCC(=O)N2CCOCC2)nn1. The number of nitrogens with zero attached hydrogens (tertiary/aromatic N) is 4. The number of amides is 1. The fourth-order valence-electron chi connectivity index (χ4n) is 2.16. The van der Waals surface area contributed by atoms with Crippen LogP contribution < -0.4 is 0 Å². The first kappa shape index (κ1) is 15.4. The fraction of sp³-hybridized carbons (Fsp3) is 0.692. The van der Waals surface area contributed by atoms with E-state index in [-0.39, 0.29) is 12.3 Å². The second-order valence-corrected chi connectivity index (χ2v) is 4.96. The van der Waals surface area contributed by atoms with Gasteiger partial charge in [0, 0.05) is 38.7 Å². The number of carboxylic acid groups (broad SMARTS) is 1. The standard InChI is InChI=1S/C13H20N4O4/c18-12(16-6-8-21-9-7-16)2-1-5-17-10-11(14-15-17)3-4-13(19)20/h10H,1-9H2,(H,19,20). The number of carboxylic acids is 1. The summed E-state index contributed by atoms with van der Waals surface area (Å²) in [6.07, 6.45) is 3.33. The van der Waals surface area contributed by atoms with E-state index >= 15 is 0 Å². The number of aryl methyl sites for hydroxylation is 2. The van der Waals surface area contributed by atoms with Crippen molar-refractivity contribution in [2.45, 2.75) is 32.2 Å². The molecule has 21 heavy (non-hydrogen) atoms. The second-order valence-electron chi connectivity index (χ2n) is 4.96. The van der Waals surface area contributed by atoms with Crippen LogP contribution in [0.3, 0.4) is 0 Å². The largest absolute Gasteiger partial charge is 0.481 e. The minimum atomic E-state index is -0.847. The summed E-state index contributed by atoms with van der Waals surface area (Å²) in [5, 5.41) is 16.4. The van der Waals surface area contributed by atoms with Gasteiger partial charge in [-0.3, -0.25) is 14.3 Å². The summed E-state index contributed by atoms with van der Waals surface area (Å²) in [4.78, 5) is 24.2. The van der Waals surface area contributed by atoms with Crippen molar-refractivity contribution in [2.24, 2.45) is 0 Å². The van der Waals surface area contributed by atoms with Gasteiger partial charge >= 0.3 is 5.97 Å². The average molecular weight is 296 g/mol. The quantitative estimate of drug-likeness (QED) is 0.756. The van der Waals surface area contributed by atoms with Crippen molar-refractivity contribution in [2.75, 3.05) is 26.3 Å². The van der Waals surface area contributed by atoms with E-state index in [2.05, 4.69) is 10.3 Å². The number of carbonyl (C=O) groups excluding carboxylic acids is 1. The molecule has 1 aliphatic rings. The van der Waals surface area contributed by atoms with Gasteiger partial charge in [-0.25, -0.2) is 0 Å². The highest BCUT2D eigenvalue weighted by atomic mass is 16.5. The molecule has 0 saturated carbocycles. The zero-order valence-corrected chi connectivity index (χ0v) is 11.9. The molecule has 1 aliphatic heterocycles. The summed E-state index contributed by atoms with van der Waals surface area (Å²) >= 11 is 0. The van der Waals surface area contributed by atoms with E-state index in [4.69, 9.17) is 9.84 Å². The van der Waals surface area contributed by atoms with Crippen molar-refractivity contribution >= 4 is 11.9 Å². The highest BCUT2D eigenvalue weighted by molar-refractivity contribution is 5.76. The van der Waals surface area contributed by atoms with Crippen LogP contribution in [0.5, 0.6) is 0 Å². The number of hydrogen-bond donors (Lipinski definition) is 1. The molecule has 0 aliphatic carbocycles. The van der Waals surface area contributed by atoms with Crippen LogP contribution in [-0.2, 0) is 27.3 Å². The summed E-state index contributed by atoms with van der Waals surface area (Å²) in [6, 6.07) is 0. The molecule has 0 aromatic carbocycles. The Morgan fingerprint density at radius 3 is 2.76 bits per heavy atom. The molecule has 0 atom stereocenters. The van der Waals surface area contributed by atoms with Gasteiger partial charge in [-0.15, -0.1) is 5.10 Å². The first-order valence-corrected chi connectivity index (χ1v) is 7.11. The van der Waals surface area contributed by atoms with Gasteiger partial charge in [0.25, 0.3) is 0 Å². The minimum absolute atomic E-state index is 0.0498. The average Bonchev–Trinajstić information content (AvgIpc) is 2.94. The molecule has 8 nitrogen and oxygen atoms in total. The molecule has 1 N–H and O–H groups in total. The first-order valence-electron chi connectivity index (χ1n) is 7.11. The number of aromatic nitrogens is 3. The normalized spacial score (nSPS) is 15.1.